The van der Waals surface area contributed by atoms with Gasteiger partial charge in [-0.25, -0.2) is 15.0 Å². The molecule has 0 unspecified atom stereocenters. The van der Waals surface area contributed by atoms with Crippen LogP contribution in [0.5, 0.6) is 5.88 Å². The first kappa shape index (κ1) is 30.7. The topological polar surface area (TPSA) is 155 Å². The zero-order chi connectivity index (χ0) is 34.2. The quantitative estimate of drug-likeness (QED) is 0.169. The molecule has 0 spiro atoms. The Morgan fingerprint density at radius 2 is 1.44 bits per heavy atom. The van der Waals surface area contributed by atoms with E-state index >= 15 is 0 Å². The van der Waals surface area contributed by atoms with Crippen LogP contribution in [0.2, 0.25) is 0 Å². The fourth-order valence-electron chi connectivity index (χ4n) is 6.15. The van der Waals surface area contributed by atoms with Gasteiger partial charge in [-0.1, -0.05) is 30.3 Å². The highest BCUT2D eigenvalue weighted by Gasteiger charge is 2.20. The van der Waals surface area contributed by atoms with E-state index in [1.807, 2.05) is 108 Å². The molecule has 0 saturated heterocycles. The SMILES string of the molecule is CN(C)CCCOc1ccc(-c2cn(-c3cccc(-c4cc(-c5cn(-c6ccccc6)c6nc[nH]c(=O)c56)[nH]n4)c3)c3nc[nH]c(=O)c23)cn1. The van der Waals surface area contributed by atoms with E-state index in [1.165, 1.54) is 12.7 Å². The third kappa shape index (κ3) is 5.65. The summed E-state index contributed by atoms with van der Waals surface area (Å²) in [5.74, 6) is 0.528. The molecule has 0 aliphatic rings. The maximum atomic E-state index is 13.1. The Kier molecular flexibility index (Phi) is 7.85. The fraction of sp³-hybridized carbons (Fsp3) is 0.135. The summed E-state index contributed by atoms with van der Waals surface area (Å²) in [6.45, 7) is 1.49. The lowest BCUT2D eigenvalue weighted by molar-refractivity contribution is 0.273. The molecule has 248 valence electrons. The van der Waals surface area contributed by atoms with E-state index in [4.69, 9.17) is 4.74 Å². The average molecular weight is 665 g/mol. The van der Waals surface area contributed by atoms with Crippen LogP contribution in [0.15, 0.2) is 114 Å². The van der Waals surface area contributed by atoms with Gasteiger partial charge in [0.05, 0.1) is 41.4 Å². The van der Waals surface area contributed by atoms with Gasteiger partial charge in [0.1, 0.15) is 0 Å². The molecule has 50 heavy (non-hydrogen) atoms. The molecule has 13 heteroatoms. The summed E-state index contributed by atoms with van der Waals surface area (Å²) in [5.41, 5.74) is 6.54. The molecule has 6 aromatic heterocycles. The second-order valence-electron chi connectivity index (χ2n) is 12.1. The zero-order valence-electron chi connectivity index (χ0n) is 27.3. The van der Waals surface area contributed by atoms with Crippen molar-refractivity contribution in [3.63, 3.8) is 0 Å². The molecule has 2 aromatic carbocycles. The van der Waals surface area contributed by atoms with Gasteiger partial charge in [-0.15, -0.1) is 0 Å². The van der Waals surface area contributed by atoms with Gasteiger partial charge in [0.25, 0.3) is 11.1 Å². The lowest BCUT2D eigenvalue weighted by Crippen LogP contribution is -2.15. The van der Waals surface area contributed by atoms with Crippen molar-refractivity contribution in [3.05, 3.63) is 125 Å². The first-order chi connectivity index (χ1) is 24.4. The maximum Gasteiger partial charge on any atom is 0.260 e. The minimum absolute atomic E-state index is 0.243. The summed E-state index contributed by atoms with van der Waals surface area (Å²) >= 11 is 0. The van der Waals surface area contributed by atoms with E-state index < -0.39 is 0 Å². The molecule has 0 fully saturated rings. The number of hydrogen-bond donors (Lipinski definition) is 3. The van der Waals surface area contributed by atoms with E-state index in [9.17, 15) is 9.59 Å². The van der Waals surface area contributed by atoms with E-state index in [2.05, 4.69) is 40.0 Å². The molecule has 0 amide bonds. The Morgan fingerprint density at radius 1 is 0.740 bits per heavy atom. The van der Waals surface area contributed by atoms with Crippen LogP contribution < -0.4 is 15.9 Å². The second kappa shape index (κ2) is 12.8. The third-order valence-corrected chi connectivity index (χ3v) is 8.55. The summed E-state index contributed by atoms with van der Waals surface area (Å²) in [5, 5.41) is 8.66. The van der Waals surface area contributed by atoms with Crippen molar-refractivity contribution in [1.82, 2.24) is 49.2 Å². The number of nitrogens with zero attached hydrogens (tertiary/aromatic N) is 7. The number of pyridine rings is 1. The number of hydrogen-bond acceptors (Lipinski definition) is 8. The largest absolute Gasteiger partial charge is 0.478 e. The van der Waals surface area contributed by atoms with Gasteiger partial charge in [0.15, 0.2) is 11.3 Å². The van der Waals surface area contributed by atoms with E-state index in [0.29, 0.717) is 57.1 Å². The normalized spacial score (nSPS) is 11.6. The monoisotopic (exact) mass is 664 g/mol. The van der Waals surface area contributed by atoms with Crippen molar-refractivity contribution in [3.8, 4) is 50.9 Å². The van der Waals surface area contributed by atoms with Crippen molar-refractivity contribution < 1.29 is 4.74 Å². The molecule has 6 heterocycles. The van der Waals surface area contributed by atoms with Crippen LogP contribution in [0, 0.1) is 0 Å². The Hall–Kier alpha value is -6.60. The number of fused-ring (bicyclic) bond motifs is 2. The van der Waals surface area contributed by atoms with Gasteiger partial charge in [-0.2, -0.15) is 5.10 Å². The molecule has 0 aliphatic carbocycles. The molecule has 8 aromatic rings. The summed E-state index contributed by atoms with van der Waals surface area (Å²) in [4.78, 5) is 47.2. The average Bonchev–Trinajstić information content (AvgIpc) is 3.88. The van der Waals surface area contributed by atoms with E-state index in [0.717, 1.165) is 35.5 Å². The number of aromatic amines is 3. The number of aromatic nitrogens is 9. The standard InChI is InChI=1S/C37H32N10O3/c1-45(2)14-7-15-50-31-13-12-24(18-38-31)27-19-47(34-32(27)36(48)41-21-39-34)26-11-6-8-23(16-26)29-17-30(44-43-29)28-20-46(25-9-4-3-5-10-25)35-33(28)37(49)42-22-40-35/h3-6,8-13,16-22H,7,14-15H2,1-2H3,(H,43,44)(H,39,41,48)(H,40,42,49). The number of rotatable bonds is 10. The van der Waals surface area contributed by atoms with Gasteiger partial charge < -0.3 is 28.7 Å². The minimum atomic E-state index is -0.250. The number of para-hydroxylation sites is 1. The summed E-state index contributed by atoms with van der Waals surface area (Å²) in [7, 11) is 4.05. The highest BCUT2D eigenvalue weighted by molar-refractivity contribution is 5.95. The predicted octanol–water partition coefficient (Wildman–Crippen LogP) is 5.19. The summed E-state index contributed by atoms with van der Waals surface area (Å²) < 4.78 is 9.60. The summed E-state index contributed by atoms with van der Waals surface area (Å²) in [6, 6.07) is 23.2. The van der Waals surface area contributed by atoms with Crippen molar-refractivity contribution in [1.29, 1.82) is 0 Å². The zero-order valence-corrected chi connectivity index (χ0v) is 27.3. The fourth-order valence-corrected chi connectivity index (χ4v) is 6.15. The molecule has 0 bridgehead atoms. The number of benzene rings is 2. The van der Waals surface area contributed by atoms with Crippen molar-refractivity contribution >= 4 is 22.1 Å². The van der Waals surface area contributed by atoms with Crippen molar-refractivity contribution in [2.75, 3.05) is 27.2 Å². The molecule has 0 aliphatic heterocycles. The number of H-pyrrole nitrogens is 3. The van der Waals surface area contributed by atoms with E-state index in [1.54, 1.807) is 6.20 Å². The van der Waals surface area contributed by atoms with Crippen LogP contribution in [0.1, 0.15) is 6.42 Å². The van der Waals surface area contributed by atoms with Crippen LogP contribution in [0.4, 0.5) is 0 Å². The van der Waals surface area contributed by atoms with Gasteiger partial charge in [0.2, 0.25) is 5.88 Å². The molecule has 0 saturated carbocycles. The first-order valence-corrected chi connectivity index (χ1v) is 16.1. The number of nitrogens with one attached hydrogen (secondary N) is 3. The molecular formula is C37H32N10O3. The van der Waals surface area contributed by atoms with E-state index in [-0.39, 0.29) is 11.1 Å². The smallest absolute Gasteiger partial charge is 0.260 e. The Bertz CT molecular complexity index is 2580. The minimum Gasteiger partial charge on any atom is -0.478 e. The lowest BCUT2D eigenvalue weighted by Gasteiger charge is -2.10. The van der Waals surface area contributed by atoms with Crippen LogP contribution in [-0.4, -0.2) is 76.4 Å². The Labute approximate surface area is 284 Å². The van der Waals surface area contributed by atoms with Gasteiger partial charge >= 0.3 is 0 Å². The Balaban J connectivity index is 1.14. The predicted molar refractivity (Wildman–Crippen MR) is 192 cm³/mol. The van der Waals surface area contributed by atoms with Gasteiger partial charge in [-0.05, 0) is 56.9 Å². The first-order valence-electron chi connectivity index (χ1n) is 16.1. The van der Waals surface area contributed by atoms with Crippen LogP contribution >= 0.6 is 0 Å². The molecular weight excluding hydrogens is 632 g/mol. The van der Waals surface area contributed by atoms with Crippen LogP contribution in [0.25, 0.3) is 67.1 Å². The molecule has 8 rings (SSSR count). The van der Waals surface area contributed by atoms with Crippen molar-refractivity contribution in [2.45, 2.75) is 6.42 Å². The lowest BCUT2D eigenvalue weighted by atomic mass is 10.1. The van der Waals surface area contributed by atoms with Gasteiger partial charge in [-0.3, -0.25) is 14.7 Å². The highest BCUT2D eigenvalue weighted by atomic mass is 16.5. The van der Waals surface area contributed by atoms with Gasteiger partial charge in [0, 0.05) is 64.8 Å². The molecule has 3 N–H and O–H groups in total. The second-order valence-corrected chi connectivity index (χ2v) is 12.1. The van der Waals surface area contributed by atoms with Crippen molar-refractivity contribution in [2.24, 2.45) is 0 Å². The third-order valence-electron chi connectivity index (χ3n) is 8.55. The highest BCUT2D eigenvalue weighted by Crippen LogP contribution is 2.33. The Morgan fingerprint density at radius 3 is 2.16 bits per heavy atom. The maximum absolute atomic E-state index is 13.1. The molecule has 0 atom stereocenters. The summed E-state index contributed by atoms with van der Waals surface area (Å²) in [6.07, 6.45) is 9.20. The van der Waals surface area contributed by atoms with Crippen LogP contribution in [-0.2, 0) is 0 Å². The number of ether oxygens (including phenoxy) is 1. The van der Waals surface area contributed by atoms with Crippen LogP contribution in [0.3, 0.4) is 0 Å². The molecule has 13 nitrogen and oxygen atoms in total. The molecule has 0 radical (unpaired) electrons.